The van der Waals surface area contributed by atoms with Crippen LogP contribution in [-0.4, -0.2) is 45.0 Å². The average molecular weight is 337 g/mol. The first kappa shape index (κ1) is 20.2. The van der Waals surface area contributed by atoms with Crippen molar-refractivity contribution in [1.82, 2.24) is 9.80 Å². The van der Waals surface area contributed by atoms with Crippen molar-refractivity contribution in [2.75, 3.05) is 13.1 Å². The van der Waals surface area contributed by atoms with Crippen LogP contribution in [0.5, 0.6) is 0 Å². The van der Waals surface area contributed by atoms with E-state index in [0.717, 1.165) is 0 Å². The lowest BCUT2D eigenvalue weighted by Gasteiger charge is -2.54. The quantitative estimate of drug-likeness (QED) is 0.581. The Morgan fingerprint density at radius 3 is 1.00 bits per heavy atom. The van der Waals surface area contributed by atoms with Gasteiger partial charge in [0.15, 0.2) is 0 Å². The van der Waals surface area contributed by atoms with Gasteiger partial charge >= 0.3 is 0 Å². The Balaban J connectivity index is 1.89. The van der Waals surface area contributed by atoms with E-state index in [2.05, 4.69) is 65.2 Å². The van der Waals surface area contributed by atoms with Gasteiger partial charge in [0.1, 0.15) is 0 Å². The van der Waals surface area contributed by atoms with E-state index in [-0.39, 0.29) is 0 Å². The monoisotopic (exact) mass is 336 g/mol. The maximum absolute atomic E-state index is 2.80. The van der Waals surface area contributed by atoms with Crippen LogP contribution in [0.2, 0.25) is 0 Å². The van der Waals surface area contributed by atoms with Gasteiger partial charge in [-0.05, 0) is 120 Å². The molecule has 142 valence electrons. The summed E-state index contributed by atoms with van der Waals surface area (Å²) in [5.41, 5.74) is 1.47. The minimum Gasteiger partial charge on any atom is -0.293 e. The van der Waals surface area contributed by atoms with E-state index in [0.29, 0.717) is 22.2 Å². The lowest BCUT2D eigenvalue weighted by Crippen LogP contribution is -2.59. The molecule has 0 spiro atoms. The number of likely N-dealkylation sites (tertiary alicyclic amines) is 2. The maximum Gasteiger partial charge on any atom is 0.0158 e. The minimum absolute atomic E-state index is 0.366. The van der Waals surface area contributed by atoms with Crippen LogP contribution in [0.1, 0.15) is 107 Å². The summed E-state index contributed by atoms with van der Waals surface area (Å²) in [7, 11) is 0. The number of piperidine rings is 2. The van der Waals surface area contributed by atoms with Gasteiger partial charge in [0.25, 0.3) is 0 Å². The molecule has 0 atom stereocenters. The minimum atomic E-state index is 0.366. The molecule has 2 heteroatoms. The van der Waals surface area contributed by atoms with Gasteiger partial charge in [-0.1, -0.05) is 0 Å². The zero-order valence-electron chi connectivity index (χ0n) is 18.0. The first-order chi connectivity index (χ1) is 10.9. The molecule has 2 aliphatic rings. The molecule has 0 aromatic carbocycles. The largest absolute Gasteiger partial charge is 0.293 e. The topological polar surface area (TPSA) is 6.48 Å². The summed E-state index contributed by atoms with van der Waals surface area (Å²) in [6.45, 7) is 22.1. The fourth-order valence-electron chi connectivity index (χ4n) is 5.84. The standard InChI is InChI=1S/C22H44N2/c1-19(2)13-11-14-20(3,4)23(19)17-9-10-18-24-21(5,6)15-12-16-22(24,7)8/h9-18H2,1-8H3. The molecule has 0 bridgehead atoms. The van der Waals surface area contributed by atoms with Crippen LogP contribution in [0.4, 0.5) is 0 Å². The van der Waals surface area contributed by atoms with Gasteiger partial charge in [0, 0.05) is 22.2 Å². The van der Waals surface area contributed by atoms with Crippen LogP contribution >= 0.6 is 0 Å². The number of nitrogens with zero attached hydrogens (tertiary/aromatic N) is 2. The van der Waals surface area contributed by atoms with Crippen molar-refractivity contribution >= 4 is 0 Å². The van der Waals surface area contributed by atoms with Crippen LogP contribution in [0.25, 0.3) is 0 Å². The van der Waals surface area contributed by atoms with E-state index >= 15 is 0 Å². The summed E-state index contributed by atoms with van der Waals surface area (Å²) in [4.78, 5) is 5.60. The van der Waals surface area contributed by atoms with Crippen molar-refractivity contribution in [3.63, 3.8) is 0 Å². The lowest BCUT2D eigenvalue weighted by atomic mass is 9.79. The van der Waals surface area contributed by atoms with Crippen LogP contribution in [0, 0.1) is 0 Å². The third-order valence-electron chi connectivity index (χ3n) is 7.09. The molecule has 0 N–H and O–H groups in total. The zero-order chi connectivity index (χ0) is 18.2. The highest BCUT2D eigenvalue weighted by Gasteiger charge is 2.42. The third kappa shape index (κ3) is 4.36. The summed E-state index contributed by atoms with van der Waals surface area (Å²) in [6, 6.07) is 0. The molecule has 2 heterocycles. The van der Waals surface area contributed by atoms with Gasteiger partial charge in [-0.25, -0.2) is 0 Å². The molecule has 0 aromatic heterocycles. The van der Waals surface area contributed by atoms with Crippen molar-refractivity contribution in [3.8, 4) is 0 Å². The Morgan fingerprint density at radius 2 is 0.750 bits per heavy atom. The summed E-state index contributed by atoms with van der Waals surface area (Å²) < 4.78 is 0. The zero-order valence-corrected chi connectivity index (χ0v) is 18.0. The second-order valence-electron chi connectivity index (χ2n) is 11.0. The molecule has 0 aliphatic carbocycles. The smallest absolute Gasteiger partial charge is 0.0158 e. The number of unbranched alkanes of at least 4 members (excludes halogenated alkanes) is 1. The van der Waals surface area contributed by atoms with Crippen LogP contribution in [0.15, 0.2) is 0 Å². The second kappa shape index (κ2) is 6.91. The summed E-state index contributed by atoms with van der Waals surface area (Å²) in [6.07, 6.45) is 10.8. The van der Waals surface area contributed by atoms with Crippen LogP contribution < -0.4 is 0 Å². The third-order valence-corrected chi connectivity index (χ3v) is 7.09. The molecule has 0 amide bonds. The Bertz CT molecular complexity index is 348. The van der Waals surface area contributed by atoms with Crippen LogP contribution in [0.3, 0.4) is 0 Å². The van der Waals surface area contributed by atoms with Gasteiger partial charge < -0.3 is 0 Å². The molecule has 2 fully saturated rings. The number of hydrogen-bond donors (Lipinski definition) is 0. The highest BCUT2D eigenvalue weighted by atomic mass is 15.3. The predicted molar refractivity (Wildman–Crippen MR) is 107 cm³/mol. The molecular formula is C22H44N2. The fraction of sp³-hybridized carbons (Fsp3) is 1.00. The van der Waals surface area contributed by atoms with E-state index in [9.17, 15) is 0 Å². The molecule has 2 aliphatic heterocycles. The lowest BCUT2D eigenvalue weighted by molar-refractivity contribution is -0.0387. The Morgan fingerprint density at radius 1 is 0.500 bits per heavy atom. The first-order valence-electron chi connectivity index (χ1n) is 10.4. The Kier molecular flexibility index (Phi) is 5.83. The van der Waals surface area contributed by atoms with Gasteiger partial charge in [-0.15, -0.1) is 0 Å². The fourth-order valence-corrected chi connectivity index (χ4v) is 5.84. The van der Waals surface area contributed by atoms with Crippen LogP contribution in [-0.2, 0) is 0 Å². The molecule has 0 aromatic rings. The number of rotatable bonds is 5. The highest BCUT2D eigenvalue weighted by molar-refractivity contribution is 4.98. The first-order valence-corrected chi connectivity index (χ1v) is 10.4. The molecule has 0 radical (unpaired) electrons. The van der Waals surface area contributed by atoms with Crippen molar-refractivity contribution in [3.05, 3.63) is 0 Å². The molecule has 2 saturated heterocycles. The normalized spacial score (nSPS) is 29.5. The molecule has 2 rings (SSSR count). The van der Waals surface area contributed by atoms with E-state index in [1.54, 1.807) is 0 Å². The van der Waals surface area contributed by atoms with Gasteiger partial charge in [0.05, 0.1) is 0 Å². The Hall–Kier alpha value is -0.0800. The number of hydrogen-bond acceptors (Lipinski definition) is 2. The summed E-state index contributed by atoms with van der Waals surface area (Å²) in [5.74, 6) is 0. The summed E-state index contributed by atoms with van der Waals surface area (Å²) >= 11 is 0. The highest BCUT2D eigenvalue weighted by Crippen LogP contribution is 2.40. The van der Waals surface area contributed by atoms with Crippen molar-refractivity contribution in [2.45, 2.75) is 129 Å². The van der Waals surface area contributed by atoms with E-state index < -0.39 is 0 Å². The van der Waals surface area contributed by atoms with Crippen molar-refractivity contribution < 1.29 is 0 Å². The SMILES string of the molecule is CC1(C)CCCC(C)(C)N1CCCCN1C(C)(C)CCCC1(C)C. The van der Waals surface area contributed by atoms with Crippen molar-refractivity contribution in [1.29, 1.82) is 0 Å². The predicted octanol–water partition coefficient (Wildman–Crippen LogP) is 5.85. The molecule has 24 heavy (non-hydrogen) atoms. The second-order valence-corrected chi connectivity index (χ2v) is 11.0. The van der Waals surface area contributed by atoms with E-state index in [1.807, 2.05) is 0 Å². The Labute approximate surface area is 152 Å². The average Bonchev–Trinajstić information content (AvgIpc) is 2.37. The van der Waals surface area contributed by atoms with Gasteiger partial charge in [0.2, 0.25) is 0 Å². The molecular weight excluding hydrogens is 292 g/mol. The molecule has 0 unspecified atom stereocenters. The van der Waals surface area contributed by atoms with Gasteiger partial charge in [-0.3, -0.25) is 9.80 Å². The maximum atomic E-state index is 2.80. The molecule has 0 saturated carbocycles. The van der Waals surface area contributed by atoms with Crippen molar-refractivity contribution in [2.24, 2.45) is 0 Å². The van der Waals surface area contributed by atoms with Gasteiger partial charge in [-0.2, -0.15) is 0 Å². The summed E-state index contributed by atoms with van der Waals surface area (Å²) in [5, 5.41) is 0. The van der Waals surface area contributed by atoms with E-state index in [4.69, 9.17) is 0 Å². The van der Waals surface area contributed by atoms with E-state index in [1.165, 1.54) is 64.5 Å². The molecule has 2 nitrogen and oxygen atoms in total.